The molecule has 4 nitrogen and oxygen atoms in total. The molecular formula is C16H18ClN3O. The van der Waals surface area contributed by atoms with E-state index in [0.717, 1.165) is 12.1 Å². The fourth-order valence-corrected chi connectivity index (χ4v) is 2.27. The summed E-state index contributed by atoms with van der Waals surface area (Å²) in [4.78, 5) is 18.2. The Morgan fingerprint density at radius 1 is 1.33 bits per heavy atom. The first-order chi connectivity index (χ1) is 10.1. The van der Waals surface area contributed by atoms with Gasteiger partial charge in [-0.15, -0.1) is 0 Å². The quantitative estimate of drug-likeness (QED) is 0.938. The minimum Gasteiger partial charge on any atom is -0.372 e. The summed E-state index contributed by atoms with van der Waals surface area (Å²) in [5.41, 5.74) is 2.54. The number of carbonyl (C=O) groups excluding carboxylic acids is 1. The Bertz CT molecular complexity index is 640. The maximum absolute atomic E-state index is 12.5. The second kappa shape index (κ2) is 6.59. The second-order valence-electron chi connectivity index (χ2n) is 4.69. The number of amides is 1. The SMILES string of the molecule is CCc1ccc(N(C)C(=O)c2cnc(NC)c(Cl)c2)cc1. The van der Waals surface area contributed by atoms with Crippen LogP contribution in [0.4, 0.5) is 11.5 Å². The van der Waals surface area contributed by atoms with Crippen LogP contribution in [-0.4, -0.2) is 25.0 Å². The van der Waals surface area contributed by atoms with E-state index in [-0.39, 0.29) is 5.91 Å². The summed E-state index contributed by atoms with van der Waals surface area (Å²) in [6.07, 6.45) is 2.50. The van der Waals surface area contributed by atoms with E-state index in [1.807, 2.05) is 24.3 Å². The summed E-state index contributed by atoms with van der Waals surface area (Å²) in [5, 5.41) is 3.30. The lowest BCUT2D eigenvalue weighted by molar-refractivity contribution is 0.0992. The number of halogens is 1. The lowest BCUT2D eigenvalue weighted by Gasteiger charge is -2.18. The Morgan fingerprint density at radius 3 is 2.52 bits per heavy atom. The van der Waals surface area contributed by atoms with E-state index in [1.54, 1.807) is 25.1 Å². The molecule has 21 heavy (non-hydrogen) atoms. The number of aryl methyl sites for hydroxylation is 1. The summed E-state index contributed by atoms with van der Waals surface area (Å²) in [6, 6.07) is 9.55. The zero-order chi connectivity index (χ0) is 15.4. The Labute approximate surface area is 129 Å². The van der Waals surface area contributed by atoms with Crippen molar-refractivity contribution >= 4 is 29.0 Å². The number of aromatic nitrogens is 1. The van der Waals surface area contributed by atoms with Crippen molar-refractivity contribution in [3.8, 4) is 0 Å². The molecule has 0 atom stereocenters. The van der Waals surface area contributed by atoms with Gasteiger partial charge in [0.05, 0.1) is 10.6 Å². The summed E-state index contributed by atoms with van der Waals surface area (Å²) in [7, 11) is 3.47. The van der Waals surface area contributed by atoms with E-state index in [0.29, 0.717) is 16.4 Å². The van der Waals surface area contributed by atoms with E-state index >= 15 is 0 Å². The maximum atomic E-state index is 12.5. The van der Waals surface area contributed by atoms with Crippen molar-refractivity contribution in [2.45, 2.75) is 13.3 Å². The molecule has 0 aliphatic heterocycles. The van der Waals surface area contributed by atoms with Gasteiger partial charge in [0.2, 0.25) is 0 Å². The molecule has 0 unspecified atom stereocenters. The van der Waals surface area contributed by atoms with E-state index < -0.39 is 0 Å². The average Bonchev–Trinajstić information content (AvgIpc) is 2.53. The van der Waals surface area contributed by atoms with Gasteiger partial charge in [-0.1, -0.05) is 30.7 Å². The summed E-state index contributed by atoms with van der Waals surface area (Å²) < 4.78 is 0. The molecule has 110 valence electrons. The molecule has 0 aliphatic rings. The lowest BCUT2D eigenvalue weighted by atomic mass is 10.1. The van der Waals surface area contributed by atoms with Crippen molar-refractivity contribution in [1.82, 2.24) is 4.98 Å². The third kappa shape index (κ3) is 3.34. The Morgan fingerprint density at radius 2 is 2.00 bits per heavy atom. The van der Waals surface area contributed by atoms with E-state index in [2.05, 4.69) is 17.2 Å². The van der Waals surface area contributed by atoms with Crippen molar-refractivity contribution in [3.05, 3.63) is 52.7 Å². The van der Waals surface area contributed by atoms with E-state index in [1.165, 1.54) is 11.8 Å². The molecule has 0 saturated carbocycles. The number of nitrogens with one attached hydrogen (secondary N) is 1. The molecule has 2 rings (SSSR count). The fraction of sp³-hybridized carbons (Fsp3) is 0.250. The summed E-state index contributed by atoms with van der Waals surface area (Å²) in [6.45, 7) is 2.10. The van der Waals surface area contributed by atoms with Gasteiger partial charge < -0.3 is 10.2 Å². The van der Waals surface area contributed by atoms with Crippen LogP contribution in [0.25, 0.3) is 0 Å². The fourth-order valence-electron chi connectivity index (χ4n) is 2.00. The van der Waals surface area contributed by atoms with Crippen LogP contribution >= 0.6 is 11.6 Å². The number of hydrogen-bond acceptors (Lipinski definition) is 3. The zero-order valence-electron chi connectivity index (χ0n) is 12.4. The van der Waals surface area contributed by atoms with Crippen LogP contribution in [-0.2, 0) is 6.42 Å². The highest BCUT2D eigenvalue weighted by atomic mass is 35.5. The molecule has 0 bridgehead atoms. The number of nitrogens with zero attached hydrogens (tertiary/aromatic N) is 2. The molecule has 1 heterocycles. The molecule has 1 amide bonds. The van der Waals surface area contributed by atoms with Crippen LogP contribution in [0.1, 0.15) is 22.8 Å². The van der Waals surface area contributed by atoms with Gasteiger partial charge in [0.1, 0.15) is 5.82 Å². The standard InChI is InChI=1S/C16H18ClN3O/c1-4-11-5-7-13(8-6-11)20(3)16(21)12-9-14(17)15(18-2)19-10-12/h5-10H,4H2,1-3H3,(H,18,19). The molecule has 0 saturated heterocycles. The normalized spacial score (nSPS) is 10.3. The molecule has 2 aromatic rings. The molecule has 1 aromatic carbocycles. The van der Waals surface area contributed by atoms with Gasteiger partial charge in [0.15, 0.2) is 0 Å². The van der Waals surface area contributed by atoms with Crippen molar-refractivity contribution in [2.24, 2.45) is 0 Å². The molecular weight excluding hydrogens is 286 g/mol. The van der Waals surface area contributed by atoms with Crippen LogP contribution in [0.3, 0.4) is 0 Å². The van der Waals surface area contributed by atoms with Crippen LogP contribution in [0.5, 0.6) is 0 Å². The Kier molecular flexibility index (Phi) is 4.81. The Balaban J connectivity index is 2.23. The van der Waals surface area contributed by atoms with Crippen LogP contribution in [0, 0.1) is 0 Å². The molecule has 0 spiro atoms. The van der Waals surface area contributed by atoms with Crippen molar-refractivity contribution < 1.29 is 4.79 Å². The third-order valence-corrected chi connectivity index (χ3v) is 3.65. The first-order valence-corrected chi connectivity index (χ1v) is 7.15. The number of pyridine rings is 1. The topological polar surface area (TPSA) is 45.2 Å². The monoisotopic (exact) mass is 303 g/mol. The van der Waals surface area contributed by atoms with Gasteiger partial charge in [-0.25, -0.2) is 4.98 Å². The molecule has 0 radical (unpaired) electrons. The minimum atomic E-state index is -0.142. The lowest BCUT2D eigenvalue weighted by Crippen LogP contribution is -2.26. The number of anilines is 2. The van der Waals surface area contributed by atoms with Gasteiger partial charge in [-0.2, -0.15) is 0 Å². The van der Waals surface area contributed by atoms with Gasteiger partial charge >= 0.3 is 0 Å². The summed E-state index contributed by atoms with van der Waals surface area (Å²) >= 11 is 6.07. The predicted octanol–water partition coefficient (Wildman–Crippen LogP) is 3.62. The van der Waals surface area contributed by atoms with Crippen LogP contribution < -0.4 is 10.2 Å². The number of benzene rings is 1. The predicted molar refractivity (Wildman–Crippen MR) is 87.3 cm³/mol. The molecule has 1 N–H and O–H groups in total. The highest BCUT2D eigenvalue weighted by Gasteiger charge is 2.15. The number of hydrogen-bond donors (Lipinski definition) is 1. The minimum absolute atomic E-state index is 0.142. The van der Waals surface area contributed by atoms with Gasteiger partial charge in [0.25, 0.3) is 5.91 Å². The first-order valence-electron chi connectivity index (χ1n) is 6.77. The van der Waals surface area contributed by atoms with Gasteiger partial charge in [0, 0.05) is 26.0 Å². The molecule has 0 fully saturated rings. The average molecular weight is 304 g/mol. The molecule has 0 aliphatic carbocycles. The first kappa shape index (κ1) is 15.3. The molecule has 1 aromatic heterocycles. The van der Waals surface area contributed by atoms with Crippen molar-refractivity contribution in [2.75, 3.05) is 24.3 Å². The number of carbonyl (C=O) groups is 1. The van der Waals surface area contributed by atoms with Crippen LogP contribution in [0.2, 0.25) is 5.02 Å². The van der Waals surface area contributed by atoms with Crippen LogP contribution in [0.15, 0.2) is 36.5 Å². The van der Waals surface area contributed by atoms with Crippen molar-refractivity contribution in [1.29, 1.82) is 0 Å². The van der Waals surface area contributed by atoms with E-state index in [4.69, 9.17) is 11.6 Å². The Hall–Kier alpha value is -2.07. The molecule has 5 heteroatoms. The maximum Gasteiger partial charge on any atom is 0.259 e. The summed E-state index contributed by atoms with van der Waals surface area (Å²) in [5.74, 6) is 0.416. The highest BCUT2D eigenvalue weighted by molar-refractivity contribution is 6.33. The van der Waals surface area contributed by atoms with E-state index in [9.17, 15) is 4.79 Å². The number of rotatable bonds is 4. The van der Waals surface area contributed by atoms with Crippen molar-refractivity contribution in [3.63, 3.8) is 0 Å². The van der Waals surface area contributed by atoms with Gasteiger partial charge in [-0.3, -0.25) is 4.79 Å². The highest BCUT2D eigenvalue weighted by Crippen LogP contribution is 2.22. The zero-order valence-corrected chi connectivity index (χ0v) is 13.1. The largest absolute Gasteiger partial charge is 0.372 e. The third-order valence-electron chi connectivity index (χ3n) is 3.36. The van der Waals surface area contributed by atoms with Gasteiger partial charge in [-0.05, 0) is 30.2 Å². The smallest absolute Gasteiger partial charge is 0.259 e. The second-order valence-corrected chi connectivity index (χ2v) is 5.10.